The number of carbonyl (C=O) groups excluding carboxylic acids is 1. The van der Waals surface area contributed by atoms with Crippen molar-refractivity contribution in [2.45, 2.75) is 59.2 Å². The molecule has 0 saturated carbocycles. The van der Waals surface area contributed by atoms with Crippen LogP contribution >= 0.6 is 0 Å². The number of fused-ring (bicyclic) bond motifs is 1. The number of benzene rings is 1. The number of ether oxygens (including phenoxy) is 1. The van der Waals surface area contributed by atoms with Crippen molar-refractivity contribution in [2.75, 3.05) is 43.8 Å². The second-order valence-electron chi connectivity index (χ2n) is 10.8. The van der Waals surface area contributed by atoms with Crippen molar-refractivity contribution in [1.29, 1.82) is 0 Å². The van der Waals surface area contributed by atoms with Gasteiger partial charge in [-0.05, 0) is 44.4 Å². The molecule has 1 aliphatic heterocycles. The first-order valence-corrected chi connectivity index (χ1v) is 13.3. The third-order valence-corrected chi connectivity index (χ3v) is 6.47. The fraction of sp³-hybridized carbons (Fsp3) is 0.500. The molecule has 1 saturated heterocycles. The Balaban J connectivity index is 1.39. The smallest absolute Gasteiger partial charge is 0.410 e. The molecule has 0 spiro atoms. The maximum Gasteiger partial charge on any atom is 0.410 e. The Labute approximate surface area is 223 Å². The van der Waals surface area contributed by atoms with E-state index in [1.165, 1.54) is 5.56 Å². The van der Waals surface area contributed by atoms with Gasteiger partial charge in [-0.25, -0.2) is 9.78 Å². The Kier molecular flexibility index (Phi) is 8.51. The summed E-state index contributed by atoms with van der Waals surface area (Å²) in [4.78, 5) is 38.3. The summed E-state index contributed by atoms with van der Waals surface area (Å²) in [7, 11) is 0. The summed E-state index contributed by atoms with van der Waals surface area (Å²) >= 11 is 0. The number of aromatic nitrogens is 3. The van der Waals surface area contributed by atoms with E-state index in [9.17, 15) is 9.59 Å². The zero-order valence-corrected chi connectivity index (χ0v) is 22.9. The van der Waals surface area contributed by atoms with Crippen LogP contribution in [0.25, 0.3) is 10.9 Å². The highest BCUT2D eigenvalue weighted by atomic mass is 16.6. The molecular weight excluding hydrogens is 482 g/mol. The zero-order chi connectivity index (χ0) is 27.3. The van der Waals surface area contributed by atoms with Crippen LogP contribution in [0.15, 0.2) is 41.3 Å². The lowest BCUT2D eigenvalue weighted by Crippen LogP contribution is -2.49. The largest absolute Gasteiger partial charge is 0.444 e. The van der Waals surface area contributed by atoms with Gasteiger partial charge in [0, 0.05) is 45.5 Å². The van der Waals surface area contributed by atoms with Crippen LogP contribution in [0.5, 0.6) is 0 Å². The molecule has 10 nitrogen and oxygen atoms in total. The molecule has 3 N–H and O–H groups in total. The molecule has 3 heterocycles. The van der Waals surface area contributed by atoms with Crippen LogP contribution in [-0.4, -0.2) is 68.8 Å². The number of piperazine rings is 1. The van der Waals surface area contributed by atoms with Gasteiger partial charge in [0.05, 0.1) is 12.1 Å². The zero-order valence-electron chi connectivity index (χ0n) is 22.9. The van der Waals surface area contributed by atoms with Gasteiger partial charge in [0.15, 0.2) is 0 Å². The quantitative estimate of drug-likeness (QED) is 0.431. The molecule has 3 aromatic rings. The number of hydrogen-bond acceptors (Lipinski definition) is 8. The molecule has 38 heavy (non-hydrogen) atoms. The minimum atomic E-state index is -0.483. The predicted octanol–water partition coefficient (Wildman–Crippen LogP) is 3.69. The Morgan fingerprint density at radius 2 is 1.68 bits per heavy atom. The van der Waals surface area contributed by atoms with Crippen LogP contribution in [0.4, 0.5) is 16.6 Å². The van der Waals surface area contributed by atoms with Crippen molar-refractivity contribution >= 4 is 28.8 Å². The summed E-state index contributed by atoms with van der Waals surface area (Å²) in [5, 5.41) is 3.71. The van der Waals surface area contributed by atoms with Gasteiger partial charge in [0.25, 0.3) is 5.56 Å². The first kappa shape index (κ1) is 27.4. The molecule has 1 aromatic carbocycles. The van der Waals surface area contributed by atoms with Gasteiger partial charge < -0.3 is 25.3 Å². The van der Waals surface area contributed by atoms with E-state index in [1.807, 2.05) is 26.8 Å². The fourth-order valence-corrected chi connectivity index (χ4v) is 4.46. The molecule has 204 valence electrons. The lowest BCUT2D eigenvalue weighted by molar-refractivity contribution is 0.0139. The maximum absolute atomic E-state index is 13.3. The molecule has 0 bridgehead atoms. The van der Waals surface area contributed by atoms with Gasteiger partial charge in [0.1, 0.15) is 16.8 Å². The van der Waals surface area contributed by atoms with Gasteiger partial charge in [-0.2, -0.15) is 4.98 Å². The molecule has 0 aliphatic carbocycles. The number of rotatable bonds is 8. The van der Waals surface area contributed by atoms with E-state index in [2.05, 4.69) is 51.4 Å². The van der Waals surface area contributed by atoms with E-state index in [1.54, 1.807) is 15.7 Å². The minimum Gasteiger partial charge on any atom is -0.444 e. The summed E-state index contributed by atoms with van der Waals surface area (Å²) in [6, 6.07) is 10.1. The average Bonchev–Trinajstić information content (AvgIpc) is 2.86. The van der Waals surface area contributed by atoms with Gasteiger partial charge in [-0.3, -0.25) is 9.69 Å². The minimum absolute atomic E-state index is 0.145. The molecule has 0 radical (unpaired) electrons. The van der Waals surface area contributed by atoms with Gasteiger partial charge in [-0.15, -0.1) is 0 Å². The second kappa shape index (κ2) is 11.8. The SMILES string of the molecule is CCCCNc1nc(N)nc2ccn(Cc3ccc(CN4CCN(C(=O)OC(C)(C)C)CC4)cc3)c(=O)c12. The lowest BCUT2D eigenvalue weighted by atomic mass is 10.1. The van der Waals surface area contributed by atoms with Crippen molar-refractivity contribution in [1.82, 2.24) is 24.3 Å². The van der Waals surface area contributed by atoms with E-state index in [0.717, 1.165) is 38.0 Å². The van der Waals surface area contributed by atoms with Crippen LogP contribution in [0.3, 0.4) is 0 Å². The molecule has 0 atom stereocenters. The monoisotopic (exact) mass is 521 g/mol. The van der Waals surface area contributed by atoms with Crippen LogP contribution in [-0.2, 0) is 17.8 Å². The molecule has 4 rings (SSSR count). The molecule has 1 amide bonds. The standard InChI is InChI=1S/C28H39N7O3/c1-5-6-12-30-24-23-22(31-26(29)32-24)11-13-35(25(23)36)19-21-9-7-20(8-10-21)18-33-14-16-34(17-15-33)27(37)38-28(2,3)4/h7-11,13H,5-6,12,14-19H2,1-4H3,(H3,29,30,31,32). The van der Waals surface area contributed by atoms with Crippen molar-refractivity contribution in [2.24, 2.45) is 0 Å². The summed E-state index contributed by atoms with van der Waals surface area (Å²) in [5.74, 6) is 0.637. The molecule has 2 aromatic heterocycles. The molecule has 10 heteroatoms. The summed E-state index contributed by atoms with van der Waals surface area (Å²) < 4.78 is 7.16. The number of pyridine rings is 1. The first-order chi connectivity index (χ1) is 18.1. The number of nitrogen functional groups attached to an aromatic ring is 1. The number of nitrogens with zero attached hydrogens (tertiary/aromatic N) is 5. The summed E-state index contributed by atoms with van der Waals surface area (Å²) in [6.45, 7) is 12.6. The number of anilines is 2. The van der Waals surface area contributed by atoms with Crippen molar-refractivity contribution in [3.63, 3.8) is 0 Å². The number of unbranched alkanes of at least 4 members (excludes halogenated alkanes) is 1. The highest BCUT2D eigenvalue weighted by Gasteiger charge is 2.25. The van der Waals surface area contributed by atoms with Crippen LogP contribution < -0.4 is 16.6 Å². The van der Waals surface area contributed by atoms with Crippen molar-refractivity contribution < 1.29 is 9.53 Å². The van der Waals surface area contributed by atoms with Gasteiger partial charge >= 0.3 is 6.09 Å². The predicted molar refractivity (Wildman–Crippen MR) is 150 cm³/mol. The maximum atomic E-state index is 13.3. The average molecular weight is 522 g/mol. The number of amides is 1. The first-order valence-electron chi connectivity index (χ1n) is 13.3. The van der Waals surface area contributed by atoms with E-state index >= 15 is 0 Å². The van der Waals surface area contributed by atoms with Gasteiger partial charge in [-0.1, -0.05) is 37.6 Å². The fourth-order valence-electron chi connectivity index (χ4n) is 4.46. The van der Waals surface area contributed by atoms with E-state index in [4.69, 9.17) is 10.5 Å². The number of nitrogens with one attached hydrogen (secondary N) is 1. The Morgan fingerprint density at radius 1 is 1.03 bits per heavy atom. The topological polar surface area (TPSA) is 119 Å². The van der Waals surface area contributed by atoms with E-state index in [-0.39, 0.29) is 17.6 Å². The highest BCUT2D eigenvalue weighted by molar-refractivity contribution is 5.89. The molecular formula is C28H39N7O3. The second-order valence-corrected chi connectivity index (χ2v) is 10.8. The van der Waals surface area contributed by atoms with E-state index < -0.39 is 5.60 Å². The Hall–Kier alpha value is -3.66. The molecule has 0 unspecified atom stereocenters. The number of carbonyl (C=O) groups is 1. The van der Waals surface area contributed by atoms with Crippen molar-refractivity contribution in [3.8, 4) is 0 Å². The number of hydrogen-bond donors (Lipinski definition) is 2. The highest BCUT2D eigenvalue weighted by Crippen LogP contribution is 2.19. The van der Waals surface area contributed by atoms with Crippen molar-refractivity contribution in [3.05, 3.63) is 58.0 Å². The normalized spacial score (nSPS) is 14.6. The van der Waals surface area contributed by atoms with Crippen LogP contribution in [0.2, 0.25) is 0 Å². The summed E-state index contributed by atoms with van der Waals surface area (Å²) in [6.07, 6.45) is 3.52. The molecule has 1 fully saturated rings. The molecule has 1 aliphatic rings. The third-order valence-electron chi connectivity index (χ3n) is 6.47. The lowest BCUT2D eigenvalue weighted by Gasteiger charge is -2.35. The van der Waals surface area contributed by atoms with E-state index in [0.29, 0.717) is 42.9 Å². The van der Waals surface area contributed by atoms with Crippen LogP contribution in [0, 0.1) is 0 Å². The Morgan fingerprint density at radius 3 is 2.32 bits per heavy atom. The Bertz CT molecular complexity index is 1310. The number of nitrogens with two attached hydrogens (primary N) is 1. The van der Waals surface area contributed by atoms with Gasteiger partial charge in [0.2, 0.25) is 5.95 Å². The summed E-state index contributed by atoms with van der Waals surface area (Å²) in [5.41, 5.74) is 8.00. The van der Waals surface area contributed by atoms with Crippen LogP contribution in [0.1, 0.15) is 51.7 Å². The third kappa shape index (κ3) is 7.00.